The van der Waals surface area contributed by atoms with Crippen molar-refractivity contribution in [3.05, 3.63) is 27.4 Å². The lowest BCUT2D eigenvalue weighted by molar-refractivity contribution is -0.384. The van der Waals surface area contributed by atoms with E-state index in [1.807, 2.05) is 6.92 Å². The molecule has 0 aliphatic rings. The highest BCUT2D eigenvalue weighted by Crippen LogP contribution is 2.26. The minimum absolute atomic E-state index is 0.0289. The number of nitro groups is 1. The maximum Gasteiger partial charge on any atom is 0.311 e. The van der Waals surface area contributed by atoms with E-state index < -0.39 is 4.92 Å². The van der Waals surface area contributed by atoms with Crippen LogP contribution in [0.1, 0.15) is 6.92 Å². The first-order chi connectivity index (χ1) is 6.56. The third-order valence-electron chi connectivity index (χ3n) is 1.85. The maximum atomic E-state index is 10.6. The van der Waals surface area contributed by atoms with Gasteiger partial charge in [-0.05, 0) is 13.0 Å². The van der Waals surface area contributed by atoms with E-state index in [1.54, 1.807) is 11.9 Å². The molecule has 5 nitrogen and oxygen atoms in total. The van der Waals surface area contributed by atoms with Crippen molar-refractivity contribution < 1.29 is 4.92 Å². The van der Waals surface area contributed by atoms with Crippen LogP contribution in [-0.4, -0.2) is 23.5 Å². The minimum Gasteiger partial charge on any atom is -0.354 e. The van der Waals surface area contributed by atoms with E-state index in [4.69, 9.17) is 11.6 Å². The quantitative estimate of drug-likeness (QED) is 0.440. The zero-order valence-corrected chi connectivity index (χ0v) is 8.65. The number of aromatic nitrogens is 1. The predicted molar refractivity (Wildman–Crippen MR) is 54.8 cm³/mol. The fraction of sp³-hybridized carbons (Fsp3) is 0.375. The third-order valence-corrected chi connectivity index (χ3v) is 2.06. The standard InChI is InChI=1S/C8H10ClN3O2/c1-3-11(2)8-6(12(13)14)4-5-7(9)10-8/h4-5H,3H2,1-2H3. The van der Waals surface area contributed by atoms with Crippen molar-refractivity contribution in [2.24, 2.45) is 0 Å². The highest BCUT2D eigenvalue weighted by Gasteiger charge is 2.18. The van der Waals surface area contributed by atoms with E-state index in [-0.39, 0.29) is 10.8 Å². The first kappa shape index (κ1) is 10.7. The molecule has 0 bridgehead atoms. The van der Waals surface area contributed by atoms with Crippen LogP contribution in [0.5, 0.6) is 0 Å². The van der Waals surface area contributed by atoms with Gasteiger partial charge in [-0.25, -0.2) is 4.98 Å². The second kappa shape index (κ2) is 4.23. The molecular weight excluding hydrogens is 206 g/mol. The number of halogens is 1. The van der Waals surface area contributed by atoms with Gasteiger partial charge in [-0.15, -0.1) is 0 Å². The van der Waals surface area contributed by atoms with Crippen molar-refractivity contribution in [1.29, 1.82) is 0 Å². The van der Waals surface area contributed by atoms with Gasteiger partial charge >= 0.3 is 5.69 Å². The number of hydrogen-bond donors (Lipinski definition) is 0. The normalized spacial score (nSPS) is 9.93. The van der Waals surface area contributed by atoms with Crippen LogP contribution in [0.3, 0.4) is 0 Å². The van der Waals surface area contributed by atoms with Crippen LogP contribution in [0.2, 0.25) is 5.15 Å². The molecular formula is C8H10ClN3O2. The Morgan fingerprint density at radius 3 is 2.79 bits per heavy atom. The first-order valence-corrected chi connectivity index (χ1v) is 4.46. The monoisotopic (exact) mass is 215 g/mol. The predicted octanol–water partition coefficient (Wildman–Crippen LogP) is 2.10. The summed E-state index contributed by atoms with van der Waals surface area (Å²) < 4.78 is 0. The van der Waals surface area contributed by atoms with E-state index in [9.17, 15) is 10.1 Å². The number of hydrogen-bond acceptors (Lipinski definition) is 4. The van der Waals surface area contributed by atoms with Crippen molar-refractivity contribution in [3.63, 3.8) is 0 Å². The highest BCUT2D eigenvalue weighted by molar-refractivity contribution is 6.29. The van der Waals surface area contributed by atoms with Gasteiger partial charge in [0, 0.05) is 19.7 Å². The Bertz CT molecular complexity index is 356. The molecule has 1 heterocycles. The molecule has 0 N–H and O–H groups in total. The zero-order chi connectivity index (χ0) is 10.7. The summed E-state index contributed by atoms with van der Waals surface area (Å²) in [6.07, 6.45) is 0. The second-order valence-electron chi connectivity index (χ2n) is 2.75. The Morgan fingerprint density at radius 1 is 1.64 bits per heavy atom. The fourth-order valence-electron chi connectivity index (χ4n) is 0.991. The van der Waals surface area contributed by atoms with Gasteiger partial charge in [0.15, 0.2) is 0 Å². The topological polar surface area (TPSA) is 59.3 Å². The summed E-state index contributed by atoms with van der Waals surface area (Å²) >= 11 is 5.66. The van der Waals surface area contributed by atoms with Crippen molar-refractivity contribution in [1.82, 2.24) is 4.98 Å². The molecule has 0 atom stereocenters. The SMILES string of the molecule is CCN(C)c1nc(Cl)ccc1[N+](=O)[O-]. The Kier molecular flexibility index (Phi) is 3.24. The van der Waals surface area contributed by atoms with E-state index in [0.717, 1.165) is 0 Å². The lowest BCUT2D eigenvalue weighted by Crippen LogP contribution is -2.18. The molecule has 1 aromatic rings. The molecule has 76 valence electrons. The smallest absolute Gasteiger partial charge is 0.311 e. The summed E-state index contributed by atoms with van der Waals surface area (Å²) in [5, 5.41) is 10.9. The molecule has 0 unspecified atom stereocenters. The van der Waals surface area contributed by atoms with Crippen LogP contribution >= 0.6 is 11.6 Å². The van der Waals surface area contributed by atoms with Gasteiger partial charge in [-0.3, -0.25) is 10.1 Å². The number of anilines is 1. The lowest BCUT2D eigenvalue weighted by atomic mass is 10.3. The average Bonchev–Trinajstić information content (AvgIpc) is 2.16. The molecule has 0 aliphatic heterocycles. The molecule has 14 heavy (non-hydrogen) atoms. The summed E-state index contributed by atoms with van der Waals surface area (Å²) in [6.45, 7) is 2.51. The molecule has 0 radical (unpaired) electrons. The molecule has 0 aliphatic carbocycles. The van der Waals surface area contributed by atoms with Crippen molar-refractivity contribution >= 4 is 23.1 Å². The molecule has 1 rings (SSSR count). The van der Waals surface area contributed by atoms with Gasteiger partial charge < -0.3 is 4.90 Å². The van der Waals surface area contributed by atoms with Gasteiger partial charge in [0.2, 0.25) is 5.82 Å². The Balaban J connectivity index is 3.22. The second-order valence-corrected chi connectivity index (χ2v) is 3.14. The van der Waals surface area contributed by atoms with Gasteiger partial charge in [-0.1, -0.05) is 11.6 Å². The van der Waals surface area contributed by atoms with E-state index in [1.165, 1.54) is 12.1 Å². The number of pyridine rings is 1. The van der Waals surface area contributed by atoms with Crippen molar-refractivity contribution in [2.75, 3.05) is 18.5 Å². The molecule has 0 saturated heterocycles. The summed E-state index contributed by atoms with van der Waals surface area (Å²) in [5.74, 6) is 0.296. The molecule has 0 aromatic carbocycles. The Hall–Kier alpha value is -1.36. The molecule has 0 spiro atoms. The Morgan fingerprint density at radius 2 is 2.29 bits per heavy atom. The maximum absolute atomic E-state index is 10.6. The third kappa shape index (κ3) is 2.11. The van der Waals surface area contributed by atoms with Crippen LogP contribution in [0.4, 0.5) is 11.5 Å². The van der Waals surface area contributed by atoms with E-state index in [0.29, 0.717) is 12.4 Å². The molecule has 0 amide bonds. The van der Waals surface area contributed by atoms with Gasteiger partial charge in [-0.2, -0.15) is 0 Å². The van der Waals surface area contributed by atoms with Gasteiger partial charge in [0.1, 0.15) is 5.15 Å². The molecule has 6 heteroatoms. The van der Waals surface area contributed by atoms with Gasteiger partial charge in [0.05, 0.1) is 4.92 Å². The summed E-state index contributed by atoms with van der Waals surface area (Å²) in [7, 11) is 1.73. The van der Waals surface area contributed by atoms with E-state index >= 15 is 0 Å². The highest BCUT2D eigenvalue weighted by atomic mass is 35.5. The average molecular weight is 216 g/mol. The number of rotatable bonds is 3. The van der Waals surface area contributed by atoms with Crippen LogP contribution in [-0.2, 0) is 0 Å². The molecule has 0 fully saturated rings. The zero-order valence-electron chi connectivity index (χ0n) is 7.90. The summed E-state index contributed by atoms with van der Waals surface area (Å²) in [6, 6.07) is 2.77. The van der Waals surface area contributed by atoms with Crippen LogP contribution < -0.4 is 4.90 Å². The lowest BCUT2D eigenvalue weighted by Gasteiger charge is -2.14. The minimum atomic E-state index is -0.467. The molecule has 0 saturated carbocycles. The van der Waals surface area contributed by atoms with Crippen LogP contribution in [0.15, 0.2) is 12.1 Å². The van der Waals surface area contributed by atoms with Gasteiger partial charge in [0.25, 0.3) is 0 Å². The fourth-order valence-corrected chi connectivity index (χ4v) is 1.13. The molecule has 1 aromatic heterocycles. The first-order valence-electron chi connectivity index (χ1n) is 4.08. The summed E-state index contributed by atoms with van der Waals surface area (Å²) in [5.41, 5.74) is -0.0289. The van der Waals surface area contributed by atoms with Crippen LogP contribution in [0.25, 0.3) is 0 Å². The summed E-state index contributed by atoms with van der Waals surface area (Å²) in [4.78, 5) is 15.8. The van der Waals surface area contributed by atoms with Crippen LogP contribution in [0, 0.1) is 10.1 Å². The number of nitrogens with zero attached hydrogens (tertiary/aromatic N) is 3. The van der Waals surface area contributed by atoms with Crippen molar-refractivity contribution in [3.8, 4) is 0 Å². The Labute approximate surface area is 86.5 Å². The van der Waals surface area contributed by atoms with E-state index in [2.05, 4.69) is 4.98 Å². The van der Waals surface area contributed by atoms with Crippen molar-refractivity contribution in [2.45, 2.75) is 6.92 Å². The largest absolute Gasteiger partial charge is 0.354 e.